The lowest BCUT2D eigenvalue weighted by molar-refractivity contribution is -0.104. The van der Waals surface area contributed by atoms with Gasteiger partial charge in [-0.3, -0.25) is 4.79 Å². The van der Waals surface area contributed by atoms with Crippen molar-refractivity contribution in [3.05, 3.63) is 41.0 Å². The fourth-order valence-corrected chi connectivity index (χ4v) is 2.69. The monoisotopic (exact) mass is 228 g/mol. The van der Waals surface area contributed by atoms with Crippen LogP contribution in [0.5, 0.6) is 0 Å². The zero-order valence-corrected chi connectivity index (χ0v) is 11.1. The van der Waals surface area contributed by atoms with Crippen molar-refractivity contribution in [2.45, 2.75) is 39.5 Å². The van der Waals surface area contributed by atoms with Gasteiger partial charge < -0.3 is 0 Å². The number of fused-ring (bicyclic) bond motifs is 1. The predicted octanol–water partition coefficient (Wildman–Crippen LogP) is 3.76. The number of rotatable bonds is 2. The summed E-state index contributed by atoms with van der Waals surface area (Å²) in [6.07, 6.45) is 5.35. The molecule has 0 unspecified atom stereocenters. The molecular formula is C16H20O. The van der Waals surface area contributed by atoms with Gasteiger partial charge in [0.1, 0.15) is 6.29 Å². The molecule has 0 saturated carbocycles. The Labute approximate surface area is 104 Å². The van der Waals surface area contributed by atoms with E-state index in [1.165, 1.54) is 11.1 Å². The largest absolute Gasteiger partial charge is 0.299 e. The molecule has 0 N–H and O–H groups in total. The number of benzene rings is 1. The summed E-state index contributed by atoms with van der Waals surface area (Å²) in [5.74, 6) is 0. The summed E-state index contributed by atoms with van der Waals surface area (Å²) >= 11 is 0. The van der Waals surface area contributed by atoms with Crippen LogP contribution in [0, 0.1) is 5.41 Å². The Kier molecular flexibility index (Phi) is 2.73. The van der Waals surface area contributed by atoms with Crippen LogP contribution in [0.15, 0.2) is 24.3 Å². The zero-order chi connectivity index (χ0) is 12.7. The van der Waals surface area contributed by atoms with Crippen molar-refractivity contribution < 1.29 is 4.79 Å². The van der Waals surface area contributed by atoms with Crippen LogP contribution in [0.1, 0.15) is 44.4 Å². The third kappa shape index (κ3) is 1.84. The Morgan fingerprint density at radius 2 is 1.88 bits per heavy atom. The Morgan fingerprint density at radius 1 is 1.18 bits per heavy atom. The lowest BCUT2D eigenvalue weighted by Crippen LogP contribution is -2.32. The first-order chi connectivity index (χ1) is 7.88. The molecule has 1 aromatic carbocycles. The zero-order valence-electron chi connectivity index (χ0n) is 11.1. The molecule has 0 fully saturated rings. The number of allylic oxidation sites excluding steroid dienone is 1. The molecule has 0 spiro atoms. The predicted molar refractivity (Wildman–Crippen MR) is 72.1 cm³/mol. The molecule has 0 radical (unpaired) electrons. The van der Waals surface area contributed by atoms with Crippen molar-refractivity contribution in [1.29, 1.82) is 0 Å². The first-order valence-electron chi connectivity index (χ1n) is 6.14. The topological polar surface area (TPSA) is 17.1 Å². The summed E-state index contributed by atoms with van der Waals surface area (Å²) in [5, 5.41) is 0. The van der Waals surface area contributed by atoms with E-state index >= 15 is 0 Å². The standard InChI is InChI=1S/C16H20O/c1-15(2)11-13-10-12(6-5-9-17)7-8-14(13)16(15,3)4/h5-10H,11H2,1-4H3. The molecule has 1 aliphatic rings. The molecule has 0 amide bonds. The third-order valence-electron chi connectivity index (χ3n) is 4.49. The van der Waals surface area contributed by atoms with E-state index in [0.717, 1.165) is 18.3 Å². The molecule has 1 nitrogen and oxygen atoms in total. The van der Waals surface area contributed by atoms with Crippen molar-refractivity contribution in [2.24, 2.45) is 5.41 Å². The highest BCUT2D eigenvalue weighted by Gasteiger charge is 2.45. The molecule has 0 saturated heterocycles. The minimum absolute atomic E-state index is 0.217. The van der Waals surface area contributed by atoms with E-state index in [1.807, 2.05) is 6.08 Å². The summed E-state index contributed by atoms with van der Waals surface area (Å²) in [6, 6.07) is 6.53. The van der Waals surface area contributed by atoms with Gasteiger partial charge >= 0.3 is 0 Å². The van der Waals surface area contributed by atoms with Crippen LogP contribution in [-0.2, 0) is 16.6 Å². The fourth-order valence-electron chi connectivity index (χ4n) is 2.69. The summed E-state index contributed by atoms with van der Waals surface area (Å²) in [6.45, 7) is 9.29. The van der Waals surface area contributed by atoms with E-state index in [-0.39, 0.29) is 5.41 Å². The molecule has 17 heavy (non-hydrogen) atoms. The van der Waals surface area contributed by atoms with Gasteiger partial charge in [-0.25, -0.2) is 0 Å². The van der Waals surface area contributed by atoms with Crippen LogP contribution < -0.4 is 0 Å². The quantitative estimate of drug-likeness (QED) is 0.556. The molecular weight excluding hydrogens is 208 g/mol. The number of hydrogen-bond donors (Lipinski definition) is 0. The maximum Gasteiger partial charge on any atom is 0.142 e. The average molecular weight is 228 g/mol. The first kappa shape index (κ1) is 12.1. The van der Waals surface area contributed by atoms with Gasteiger partial charge in [0, 0.05) is 0 Å². The second-order valence-electron chi connectivity index (χ2n) is 6.10. The highest BCUT2D eigenvalue weighted by atomic mass is 16.1. The molecule has 0 aromatic heterocycles. The second kappa shape index (κ2) is 3.83. The van der Waals surface area contributed by atoms with E-state index in [2.05, 4.69) is 45.9 Å². The minimum Gasteiger partial charge on any atom is -0.299 e. The molecule has 1 heteroatoms. The SMILES string of the molecule is CC1(C)Cc2cc(C=CC=O)ccc2C1(C)C. The van der Waals surface area contributed by atoms with E-state index < -0.39 is 0 Å². The second-order valence-corrected chi connectivity index (χ2v) is 6.10. The molecule has 0 bridgehead atoms. The van der Waals surface area contributed by atoms with Crippen molar-refractivity contribution >= 4 is 12.4 Å². The molecule has 0 atom stereocenters. The average Bonchev–Trinajstić information content (AvgIpc) is 2.42. The Morgan fingerprint density at radius 3 is 2.53 bits per heavy atom. The summed E-state index contributed by atoms with van der Waals surface area (Å²) < 4.78 is 0. The Balaban J connectivity index is 2.46. The van der Waals surface area contributed by atoms with Gasteiger partial charge in [-0.2, -0.15) is 0 Å². The normalized spacial score (nSPS) is 20.5. The van der Waals surface area contributed by atoms with Gasteiger partial charge in [0.25, 0.3) is 0 Å². The van der Waals surface area contributed by atoms with Gasteiger partial charge in [0.05, 0.1) is 0 Å². The molecule has 1 aliphatic carbocycles. The Hall–Kier alpha value is -1.37. The molecule has 0 heterocycles. The highest BCUT2D eigenvalue weighted by molar-refractivity contribution is 5.74. The van der Waals surface area contributed by atoms with Crippen molar-refractivity contribution in [2.75, 3.05) is 0 Å². The maximum absolute atomic E-state index is 10.3. The van der Waals surface area contributed by atoms with E-state index in [4.69, 9.17) is 0 Å². The fraction of sp³-hybridized carbons (Fsp3) is 0.438. The summed E-state index contributed by atoms with van der Waals surface area (Å²) in [4.78, 5) is 10.3. The third-order valence-corrected chi connectivity index (χ3v) is 4.49. The molecule has 2 rings (SSSR count). The van der Waals surface area contributed by atoms with Gasteiger partial charge in [0.2, 0.25) is 0 Å². The molecule has 1 aromatic rings. The lowest BCUT2D eigenvalue weighted by Gasteiger charge is -2.35. The Bertz CT molecular complexity index is 478. The number of aldehydes is 1. The number of carbonyl (C=O) groups excluding carboxylic acids is 1. The smallest absolute Gasteiger partial charge is 0.142 e. The molecule has 90 valence electrons. The highest BCUT2D eigenvalue weighted by Crippen LogP contribution is 2.51. The maximum atomic E-state index is 10.3. The van der Waals surface area contributed by atoms with Crippen molar-refractivity contribution in [3.63, 3.8) is 0 Å². The van der Waals surface area contributed by atoms with Crippen LogP contribution in [0.4, 0.5) is 0 Å². The summed E-state index contributed by atoms with van der Waals surface area (Å²) in [7, 11) is 0. The van der Waals surface area contributed by atoms with Crippen molar-refractivity contribution in [1.82, 2.24) is 0 Å². The van der Waals surface area contributed by atoms with Gasteiger partial charge in [0.15, 0.2) is 0 Å². The van der Waals surface area contributed by atoms with Crippen LogP contribution in [-0.4, -0.2) is 6.29 Å². The lowest BCUT2D eigenvalue weighted by atomic mass is 9.69. The van der Waals surface area contributed by atoms with E-state index in [1.54, 1.807) is 6.08 Å². The van der Waals surface area contributed by atoms with E-state index in [9.17, 15) is 4.79 Å². The van der Waals surface area contributed by atoms with E-state index in [0.29, 0.717) is 5.41 Å². The van der Waals surface area contributed by atoms with Crippen LogP contribution >= 0.6 is 0 Å². The van der Waals surface area contributed by atoms with Crippen molar-refractivity contribution in [3.8, 4) is 0 Å². The van der Waals surface area contributed by atoms with Gasteiger partial charge in [-0.05, 0) is 40.0 Å². The summed E-state index contributed by atoms with van der Waals surface area (Å²) in [5.41, 5.74) is 4.50. The van der Waals surface area contributed by atoms with Crippen LogP contribution in [0.2, 0.25) is 0 Å². The molecule has 0 aliphatic heterocycles. The minimum atomic E-state index is 0.217. The number of carbonyl (C=O) groups is 1. The number of hydrogen-bond acceptors (Lipinski definition) is 1. The van der Waals surface area contributed by atoms with Gasteiger partial charge in [-0.1, -0.05) is 52.0 Å². The van der Waals surface area contributed by atoms with Crippen LogP contribution in [0.3, 0.4) is 0 Å². The van der Waals surface area contributed by atoms with Gasteiger partial charge in [-0.15, -0.1) is 0 Å². The first-order valence-corrected chi connectivity index (χ1v) is 6.14. The van der Waals surface area contributed by atoms with Crippen LogP contribution in [0.25, 0.3) is 6.08 Å².